The van der Waals surface area contributed by atoms with Gasteiger partial charge in [0.1, 0.15) is 12.4 Å². The summed E-state index contributed by atoms with van der Waals surface area (Å²) in [6.45, 7) is 1.89. The number of amidine groups is 1. The monoisotopic (exact) mass is 515 g/mol. The first-order valence-corrected chi connectivity index (χ1v) is 12.2. The summed E-state index contributed by atoms with van der Waals surface area (Å²) in [5.41, 5.74) is 3.51. The highest BCUT2D eigenvalue weighted by Crippen LogP contribution is 2.42. The summed E-state index contributed by atoms with van der Waals surface area (Å²) in [4.78, 5) is 14.7. The highest BCUT2D eigenvalue weighted by Gasteiger charge is 2.40. The van der Waals surface area contributed by atoms with Crippen LogP contribution in [0.2, 0.25) is 10.0 Å². The molecule has 0 fully saturated rings. The van der Waals surface area contributed by atoms with Gasteiger partial charge in [-0.3, -0.25) is 9.69 Å². The van der Waals surface area contributed by atoms with Gasteiger partial charge in [0, 0.05) is 28.2 Å². The van der Waals surface area contributed by atoms with E-state index in [1.54, 1.807) is 12.1 Å². The average molecular weight is 516 g/mol. The highest BCUT2D eigenvalue weighted by atomic mass is 35.5. The lowest BCUT2D eigenvalue weighted by atomic mass is 10.1. The molecule has 0 N–H and O–H groups in total. The SMILES string of the molecule is CC(=O)C1=NN(c2ccccc2)[C@@H](c2ccccc2OCc2ccc(Cl)cc2)N1c1ccc(Cl)cc1. The van der Waals surface area contributed by atoms with Crippen LogP contribution in [-0.2, 0) is 11.4 Å². The molecule has 4 aromatic carbocycles. The summed E-state index contributed by atoms with van der Waals surface area (Å²) in [5.74, 6) is 0.879. The molecule has 0 saturated heterocycles. The third kappa shape index (κ3) is 4.94. The van der Waals surface area contributed by atoms with Gasteiger partial charge in [0.15, 0.2) is 17.8 Å². The van der Waals surface area contributed by atoms with Crippen LogP contribution in [0, 0.1) is 0 Å². The lowest BCUT2D eigenvalue weighted by Crippen LogP contribution is -2.38. The van der Waals surface area contributed by atoms with E-state index in [1.165, 1.54) is 6.92 Å². The van der Waals surface area contributed by atoms with Crippen LogP contribution in [0.3, 0.4) is 0 Å². The number of ketones is 1. The van der Waals surface area contributed by atoms with E-state index in [1.807, 2.05) is 101 Å². The summed E-state index contributed by atoms with van der Waals surface area (Å²) in [6.07, 6.45) is -0.464. The standard InChI is InChI=1S/C29H23Cl2N3O2/c1-20(35)28-32-34(25-7-3-2-4-8-25)29(33(28)24-17-15-23(31)16-18-24)26-9-5-6-10-27(26)36-19-21-11-13-22(30)14-12-21/h2-18,29H,19H2,1H3/t29-/m0/s1. The minimum absolute atomic E-state index is 0.145. The van der Waals surface area contributed by atoms with E-state index >= 15 is 0 Å². The molecule has 0 amide bonds. The van der Waals surface area contributed by atoms with Gasteiger partial charge in [-0.15, -0.1) is 5.10 Å². The summed E-state index contributed by atoms with van der Waals surface area (Å²) >= 11 is 12.2. The zero-order valence-corrected chi connectivity index (χ0v) is 21.0. The average Bonchev–Trinajstić information content (AvgIpc) is 3.30. The van der Waals surface area contributed by atoms with Crippen molar-refractivity contribution in [2.24, 2.45) is 5.10 Å². The Morgan fingerprint density at radius 3 is 2.08 bits per heavy atom. The Kier molecular flexibility index (Phi) is 6.94. The van der Waals surface area contributed by atoms with Crippen LogP contribution < -0.4 is 14.6 Å². The van der Waals surface area contributed by atoms with Crippen LogP contribution in [0.15, 0.2) is 108 Å². The van der Waals surface area contributed by atoms with Gasteiger partial charge in [0.2, 0.25) is 0 Å². The number of hydrogen-bond donors (Lipinski definition) is 0. The fourth-order valence-corrected chi connectivity index (χ4v) is 4.40. The van der Waals surface area contributed by atoms with Crippen molar-refractivity contribution < 1.29 is 9.53 Å². The molecule has 0 aromatic heterocycles. The number of carbonyl (C=O) groups excluding carboxylic acids is 1. The lowest BCUT2D eigenvalue weighted by Gasteiger charge is -2.33. The Hall–Kier alpha value is -3.80. The number of anilines is 2. The van der Waals surface area contributed by atoms with Crippen molar-refractivity contribution in [2.45, 2.75) is 19.7 Å². The van der Waals surface area contributed by atoms with Gasteiger partial charge in [-0.2, -0.15) is 0 Å². The minimum Gasteiger partial charge on any atom is -0.488 e. The molecule has 1 atom stereocenters. The lowest BCUT2D eigenvalue weighted by molar-refractivity contribution is -0.111. The Morgan fingerprint density at radius 1 is 0.806 bits per heavy atom. The van der Waals surface area contributed by atoms with Gasteiger partial charge in [-0.05, 0) is 60.2 Å². The molecular formula is C29H23Cl2N3O2. The van der Waals surface area contributed by atoms with Crippen molar-refractivity contribution in [3.05, 3.63) is 124 Å². The molecule has 0 radical (unpaired) electrons. The van der Waals surface area contributed by atoms with Crippen molar-refractivity contribution in [1.82, 2.24) is 0 Å². The predicted octanol–water partition coefficient (Wildman–Crippen LogP) is 7.50. The van der Waals surface area contributed by atoms with Crippen LogP contribution in [0.1, 0.15) is 24.2 Å². The fourth-order valence-electron chi connectivity index (χ4n) is 4.15. The largest absolute Gasteiger partial charge is 0.488 e. The number of nitrogens with zero attached hydrogens (tertiary/aromatic N) is 3. The zero-order valence-electron chi connectivity index (χ0n) is 19.5. The molecule has 5 nitrogen and oxygen atoms in total. The van der Waals surface area contributed by atoms with E-state index < -0.39 is 6.17 Å². The van der Waals surface area contributed by atoms with Crippen molar-refractivity contribution in [3.8, 4) is 5.75 Å². The van der Waals surface area contributed by atoms with E-state index in [4.69, 9.17) is 33.0 Å². The van der Waals surface area contributed by atoms with Gasteiger partial charge < -0.3 is 4.74 Å². The van der Waals surface area contributed by atoms with E-state index in [9.17, 15) is 4.79 Å². The third-order valence-corrected chi connectivity index (χ3v) is 6.36. The number of carbonyl (C=O) groups is 1. The molecule has 180 valence electrons. The van der Waals surface area contributed by atoms with Gasteiger partial charge >= 0.3 is 0 Å². The Balaban J connectivity index is 1.60. The molecule has 0 unspecified atom stereocenters. The zero-order chi connectivity index (χ0) is 25.1. The van der Waals surface area contributed by atoms with Gasteiger partial charge in [0.25, 0.3) is 0 Å². The second-order valence-corrected chi connectivity index (χ2v) is 9.21. The number of ether oxygens (including phenoxy) is 1. The first kappa shape index (κ1) is 23.9. The maximum atomic E-state index is 12.8. The van der Waals surface area contributed by atoms with Crippen molar-refractivity contribution in [3.63, 3.8) is 0 Å². The number of para-hydroxylation sites is 2. The molecule has 4 aromatic rings. The second-order valence-electron chi connectivity index (χ2n) is 8.33. The molecule has 0 saturated carbocycles. The molecule has 7 heteroatoms. The molecule has 0 spiro atoms. The Bertz CT molecular complexity index is 1390. The van der Waals surface area contributed by atoms with Crippen LogP contribution >= 0.6 is 23.2 Å². The van der Waals surface area contributed by atoms with Crippen LogP contribution in [-0.4, -0.2) is 11.6 Å². The number of hydrazone groups is 1. The maximum Gasteiger partial charge on any atom is 0.198 e. The summed E-state index contributed by atoms with van der Waals surface area (Å²) in [5, 5.41) is 7.94. The van der Waals surface area contributed by atoms with E-state index in [-0.39, 0.29) is 5.78 Å². The number of benzene rings is 4. The quantitative estimate of drug-likeness (QED) is 0.255. The van der Waals surface area contributed by atoms with Gasteiger partial charge in [-0.1, -0.05) is 71.7 Å². The summed E-state index contributed by atoms with van der Waals surface area (Å²) in [7, 11) is 0. The van der Waals surface area contributed by atoms with E-state index in [0.29, 0.717) is 28.2 Å². The van der Waals surface area contributed by atoms with E-state index in [2.05, 4.69) is 0 Å². The summed E-state index contributed by atoms with van der Waals surface area (Å²) < 4.78 is 6.31. The Labute approximate surface area is 220 Å². The number of halogens is 2. The Morgan fingerprint density at radius 2 is 1.42 bits per heavy atom. The second kappa shape index (κ2) is 10.4. The molecule has 0 aliphatic carbocycles. The van der Waals surface area contributed by atoms with E-state index in [0.717, 1.165) is 22.5 Å². The molecule has 5 rings (SSSR count). The molecule has 1 aliphatic heterocycles. The molecular weight excluding hydrogens is 493 g/mol. The molecule has 1 aliphatic rings. The van der Waals surface area contributed by atoms with Gasteiger partial charge in [-0.25, -0.2) is 5.01 Å². The van der Waals surface area contributed by atoms with Crippen LogP contribution in [0.5, 0.6) is 5.75 Å². The van der Waals surface area contributed by atoms with Crippen LogP contribution in [0.25, 0.3) is 0 Å². The fraction of sp³-hybridized carbons (Fsp3) is 0.103. The number of hydrogen-bond acceptors (Lipinski definition) is 5. The van der Waals surface area contributed by atoms with Gasteiger partial charge in [0.05, 0.1) is 5.69 Å². The van der Waals surface area contributed by atoms with Crippen molar-refractivity contribution >= 4 is 46.2 Å². The topological polar surface area (TPSA) is 45.1 Å². The molecule has 1 heterocycles. The maximum absolute atomic E-state index is 12.8. The normalized spacial score (nSPS) is 15.1. The predicted molar refractivity (Wildman–Crippen MR) is 146 cm³/mol. The number of rotatable bonds is 7. The van der Waals surface area contributed by atoms with Crippen molar-refractivity contribution in [1.29, 1.82) is 0 Å². The smallest absolute Gasteiger partial charge is 0.198 e. The minimum atomic E-state index is -0.464. The first-order chi connectivity index (χ1) is 17.5. The van der Waals surface area contributed by atoms with Crippen LogP contribution in [0.4, 0.5) is 11.4 Å². The third-order valence-electron chi connectivity index (χ3n) is 5.85. The summed E-state index contributed by atoms with van der Waals surface area (Å²) in [6, 6.07) is 32.6. The number of Topliss-reactive ketones (excluding diaryl/α,β-unsaturated/α-hetero) is 1. The molecule has 36 heavy (non-hydrogen) atoms. The molecule has 0 bridgehead atoms. The first-order valence-electron chi connectivity index (χ1n) is 11.5. The highest BCUT2D eigenvalue weighted by molar-refractivity contribution is 6.44. The van der Waals surface area contributed by atoms with Crippen molar-refractivity contribution in [2.75, 3.05) is 9.91 Å².